The molecule has 5 aliphatic heterocycles. The number of Topliss-reactive ketones (excluding diaryl/α,β-unsaturated/α-hetero) is 2. The molecule has 454 valence electrons. The number of methoxy groups -OCH3 is 1. The molecule has 0 saturated carbocycles. The zero-order valence-electron chi connectivity index (χ0n) is 46.9. The number of likely N-dealkylation sites (tertiary alicyclic amines) is 2. The maximum Gasteiger partial charge on any atom is 0.246 e. The molecule has 12 atom stereocenters. The zero-order valence-corrected chi connectivity index (χ0v) is 48.5. The molecule has 3 saturated heterocycles. The number of hydrogen-bond donors (Lipinski definition) is 10. The normalized spacial score (nSPS) is 27.9. The number of rotatable bonds is 14. The largest absolute Gasteiger partial charge is 0.496 e. The van der Waals surface area contributed by atoms with Crippen LogP contribution in [0.5, 0.6) is 5.75 Å². The lowest BCUT2D eigenvalue weighted by atomic mass is 9.85. The van der Waals surface area contributed by atoms with Gasteiger partial charge in [0.1, 0.15) is 28.9 Å². The van der Waals surface area contributed by atoms with Gasteiger partial charge < -0.3 is 67.2 Å². The fraction of sp³-hybridized carbons (Fsp3) is 0.630. The first-order valence-electron chi connectivity index (χ1n) is 27.7. The molecule has 1 aromatic carbocycles. The number of thioether (sulfide) groups is 1. The van der Waals surface area contributed by atoms with Crippen molar-refractivity contribution >= 4 is 104 Å². The summed E-state index contributed by atoms with van der Waals surface area (Å²) >= 11 is 1.45. The molecule has 29 heteroatoms. The van der Waals surface area contributed by atoms with Gasteiger partial charge in [0.05, 0.1) is 73.5 Å². The van der Waals surface area contributed by atoms with Crippen LogP contribution in [0.2, 0.25) is 0 Å². The molecule has 5 aliphatic rings. The number of nitrogens with two attached hydrogens (primary N) is 1. The molecule has 27 nitrogen and oxygen atoms in total. The summed E-state index contributed by atoms with van der Waals surface area (Å²) in [4.78, 5) is 172. The van der Waals surface area contributed by atoms with E-state index in [4.69, 9.17) is 10.5 Å². The van der Waals surface area contributed by atoms with E-state index >= 15 is 4.21 Å². The average Bonchev–Trinajstić information content (AvgIpc) is 4.04. The number of aromatic nitrogens is 1. The van der Waals surface area contributed by atoms with E-state index in [0.29, 0.717) is 41.7 Å². The monoisotopic (exact) mass is 1200 g/mol. The summed E-state index contributed by atoms with van der Waals surface area (Å²) < 4.78 is 21.2. The summed E-state index contributed by atoms with van der Waals surface area (Å²) in [6.07, 6.45) is -5.40. The highest BCUT2D eigenvalue weighted by molar-refractivity contribution is 7.99. The molecule has 10 amide bonds. The number of ketones is 2. The van der Waals surface area contributed by atoms with Crippen LogP contribution in [0.3, 0.4) is 0 Å². The third kappa shape index (κ3) is 14.9. The number of carbonyl (C=O) groups excluding carboxylic acids is 12. The van der Waals surface area contributed by atoms with Crippen molar-refractivity contribution in [3.8, 4) is 5.75 Å². The van der Waals surface area contributed by atoms with Crippen LogP contribution in [0, 0.1) is 29.6 Å². The molecule has 0 spiro atoms. The lowest BCUT2D eigenvalue weighted by molar-refractivity contribution is -0.144. The first-order valence-corrected chi connectivity index (χ1v) is 30.1. The number of benzene rings is 1. The Morgan fingerprint density at radius 1 is 0.892 bits per heavy atom. The van der Waals surface area contributed by atoms with Crippen molar-refractivity contribution in [2.45, 2.75) is 131 Å². The van der Waals surface area contributed by atoms with Crippen LogP contribution in [0.15, 0.2) is 17.2 Å². The third-order valence-corrected chi connectivity index (χ3v) is 19.0. The Morgan fingerprint density at radius 3 is 2.25 bits per heavy atom. The van der Waals surface area contributed by atoms with Crippen molar-refractivity contribution in [3.05, 3.63) is 23.3 Å². The molecule has 0 aliphatic carbocycles. The minimum Gasteiger partial charge on any atom is -0.496 e. The lowest BCUT2D eigenvalue weighted by Gasteiger charge is -2.39. The number of hydrogen-bond acceptors (Lipinski definition) is 18. The van der Waals surface area contributed by atoms with E-state index in [0.717, 1.165) is 9.80 Å². The average molecular weight is 1200 g/mol. The molecule has 0 radical (unpaired) electrons. The van der Waals surface area contributed by atoms with Crippen LogP contribution < -0.4 is 37.1 Å². The van der Waals surface area contributed by atoms with E-state index in [1.807, 2.05) is 0 Å². The molecule has 83 heavy (non-hydrogen) atoms. The smallest absolute Gasteiger partial charge is 0.246 e. The number of H-pyrrole nitrogens is 1. The molecular weight excluding hydrogens is 1120 g/mol. The van der Waals surface area contributed by atoms with Crippen LogP contribution in [0.1, 0.15) is 83.8 Å². The van der Waals surface area contributed by atoms with E-state index in [1.165, 1.54) is 25.8 Å². The van der Waals surface area contributed by atoms with Crippen molar-refractivity contribution in [1.29, 1.82) is 0 Å². The fourth-order valence-corrected chi connectivity index (χ4v) is 13.8. The highest BCUT2D eigenvalue weighted by atomic mass is 32.2. The Hall–Kier alpha value is -6.82. The van der Waals surface area contributed by atoms with E-state index in [9.17, 15) is 72.9 Å². The number of amides is 10. The Kier molecular flexibility index (Phi) is 21.3. The minimum absolute atomic E-state index is 0.0274. The van der Waals surface area contributed by atoms with E-state index in [2.05, 4.69) is 31.6 Å². The number of aliphatic hydroxyl groups excluding tert-OH is 3. The summed E-state index contributed by atoms with van der Waals surface area (Å²) in [5.74, 6) is -14.2. The quantitative estimate of drug-likeness (QED) is 0.0833. The molecule has 11 N–H and O–H groups in total. The highest BCUT2D eigenvalue weighted by Crippen LogP contribution is 2.39. The Balaban J connectivity index is 1.33. The molecule has 2 bridgehead atoms. The number of nitrogens with one attached hydrogen (secondary N) is 6. The van der Waals surface area contributed by atoms with E-state index in [-0.39, 0.29) is 58.7 Å². The predicted octanol–water partition coefficient (Wildman–Crippen LogP) is -3.21. The molecular formula is C54H74N10O17S2. The standard InChI is InChI=1S/C54H74N10O17S2/c1-6-25(2)33-14-29(66)17-56-48(74)28-12-34-32-7-8-41(81-5)35(23-82-31-20-62(21-31)44(72)9-10-63-45(73)11-26(3)53(63)78)47(32)61-52(34)83(80)24-37(58-43(71)18-57-49(33)75)50(76)59-36(16-42(55)70)54(79)64-19-30(67)15-38(64)51(77)60-46(39(68)13-28)27(4)40(69)22-65/h7-8,25-28,30-31,33,36-38,40,46,61,65,67,69H,6,9-24H2,1-5H3,(H2,55,70)(H,56,74)(H,57,75)(H,58,71)(H,59,76)(H,60,77)/t25-,26?,27-,28+,30+,33-,36-,37-,38-,40-,46-,83?/m0/s1. The van der Waals surface area contributed by atoms with Gasteiger partial charge in [-0.1, -0.05) is 34.1 Å². The SMILES string of the molecule is CC[C@H](C)[C@@H]1CC(=O)CNC(=O)[C@H]2CC(=O)[C@H]([C@@H](C)[C@@H](O)CO)NC(=O)[C@@H]3C[C@@H](O)CN3C(=O)[C@H](CC(N)=O)NC(=O)[C@H](CS(=O)c3[nH]c4c(CSC5CN(C(=O)CCN6C(=O)CC(C)C6=O)C5)c(OC)ccc4c3C2)NC(=O)CNC1=O. The number of nitrogens with zero attached hydrogens (tertiary/aromatic N) is 3. The first kappa shape index (κ1) is 63.8. The Morgan fingerprint density at radius 2 is 1.60 bits per heavy atom. The summed E-state index contributed by atoms with van der Waals surface area (Å²) in [7, 11) is -1.01. The molecule has 1 aromatic heterocycles. The van der Waals surface area contributed by atoms with Crippen molar-refractivity contribution in [2.75, 3.05) is 58.7 Å². The molecule has 2 unspecified atom stereocenters. The summed E-state index contributed by atoms with van der Waals surface area (Å²) in [6.45, 7) is 4.35. The van der Waals surface area contributed by atoms with Crippen LogP contribution in [-0.2, 0) is 80.5 Å². The zero-order chi connectivity index (χ0) is 60.7. The molecule has 3 fully saturated rings. The third-order valence-electron chi connectivity index (χ3n) is 16.3. The second-order valence-electron chi connectivity index (χ2n) is 22.2. The fourth-order valence-electron chi connectivity index (χ4n) is 11.1. The van der Waals surface area contributed by atoms with Crippen LogP contribution in [0.4, 0.5) is 0 Å². The lowest BCUT2D eigenvalue weighted by Crippen LogP contribution is -2.60. The second kappa shape index (κ2) is 27.7. The van der Waals surface area contributed by atoms with Gasteiger partial charge >= 0.3 is 0 Å². The molecule has 2 aromatic rings. The maximum atomic E-state index is 15.3. The Bertz CT molecular complexity index is 2930. The van der Waals surface area contributed by atoms with Gasteiger partial charge in [-0.05, 0) is 30.0 Å². The molecule has 7 rings (SSSR count). The first-order chi connectivity index (χ1) is 39.3. The number of fused-ring (bicyclic) bond motifs is 5. The van der Waals surface area contributed by atoms with Crippen molar-refractivity contribution in [1.82, 2.24) is 46.3 Å². The number of primary amides is 1. The van der Waals surface area contributed by atoms with Crippen LogP contribution in [0.25, 0.3) is 10.9 Å². The van der Waals surface area contributed by atoms with Crippen molar-refractivity contribution < 1.29 is 81.8 Å². The van der Waals surface area contributed by atoms with Gasteiger partial charge in [0.2, 0.25) is 59.1 Å². The number of aromatic amines is 1. The van der Waals surface area contributed by atoms with Crippen LogP contribution in [-0.4, -0.2) is 210 Å². The summed E-state index contributed by atoms with van der Waals surface area (Å²) in [6, 6.07) is -3.75. The van der Waals surface area contributed by atoms with Gasteiger partial charge in [0.15, 0.2) is 11.6 Å². The summed E-state index contributed by atoms with van der Waals surface area (Å²) in [5.41, 5.74) is 6.60. The topological polar surface area (TPSA) is 404 Å². The van der Waals surface area contributed by atoms with Gasteiger partial charge in [0.25, 0.3) is 0 Å². The van der Waals surface area contributed by atoms with E-state index < -0.39 is 194 Å². The second-order valence-corrected chi connectivity index (χ2v) is 24.9. The summed E-state index contributed by atoms with van der Waals surface area (Å²) in [5, 5.41) is 44.7. The van der Waals surface area contributed by atoms with Crippen LogP contribution >= 0.6 is 11.8 Å². The number of carbonyl (C=O) groups is 12. The van der Waals surface area contributed by atoms with Crippen molar-refractivity contribution in [3.63, 3.8) is 0 Å². The van der Waals surface area contributed by atoms with Gasteiger partial charge in [0, 0.05) is 104 Å². The number of aliphatic hydroxyl groups is 3. The van der Waals surface area contributed by atoms with E-state index in [1.54, 1.807) is 37.8 Å². The number of imide groups is 1. The molecule has 6 heterocycles. The van der Waals surface area contributed by atoms with Gasteiger partial charge in [-0.2, -0.15) is 0 Å². The predicted molar refractivity (Wildman–Crippen MR) is 296 cm³/mol. The Labute approximate surface area is 484 Å². The number of ether oxygens (including phenoxy) is 1. The minimum atomic E-state index is -2.43. The van der Waals surface area contributed by atoms with Crippen molar-refractivity contribution in [2.24, 2.45) is 35.3 Å². The maximum absolute atomic E-state index is 15.3. The van der Waals surface area contributed by atoms with Gasteiger partial charge in [-0.25, -0.2) is 0 Å². The van der Waals surface area contributed by atoms with Gasteiger partial charge in [-0.3, -0.25) is 66.6 Å². The highest BCUT2D eigenvalue weighted by Gasteiger charge is 2.46. The van der Waals surface area contributed by atoms with Gasteiger partial charge in [-0.15, -0.1) is 11.8 Å².